The van der Waals surface area contributed by atoms with Gasteiger partial charge in [0.1, 0.15) is 3.70 Å². The van der Waals surface area contributed by atoms with Gasteiger partial charge in [0, 0.05) is 54.5 Å². The number of piperazine rings is 1. The molecule has 148 valence electrons. The first-order chi connectivity index (χ1) is 14.1. The summed E-state index contributed by atoms with van der Waals surface area (Å²) in [5, 5.41) is 3.35. The first kappa shape index (κ1) is 18.7. The fourth-order valence-electron chi connectivity index (χ4n) is 4.45. The van der Waals surface area contributed by atoms with E-state index >= 15 is 0 Å². The van der Waals surface area contributed by atoms with E-state index in [-0.39, 0.29) is 0 Å². The molecule has 2 bridgehead atoms. The Morgan fingerprint density at radius 3 is 2.66 bits per heavy atom. The fourth-order valence-corrected chi connectivity index (χ4v) is 4.77. The standard InChI is InChI=1S/C22H23IN6/c1-14-9-16(4-5-20(14)29-13-17-10-18(29)12-28(17)2)26-22-24-8-7-19(27-22)15-3-6-21(23)25-11-15/h3-9,11,17-18H,10,12-13H2,1-2H3,(H,24,26,27). The average Bonchev–Trinajstić information content (AvgIpc) is 3.28. The Morgan fingerprint density at radius 2 is 1.97 bits per heavy atom. The number of benzene rings is 1. The van der Waals surface area contributed by atoms with Crippen LogP contribution in [0.3, 0.4) is 0 Å². The van der Waals surface area contributed by atoms with Gasteiger partial charge in [0.05, 0.1) is 5.69 Å². The number of fused-ring (bicyclic) bond motifs is 2. The molecule has 2 aliphatic rings. The highest BCUT2D eigenvalue weighted by atomic mass is 127. The minimum atomic E-state index is 0.593. The second kappa shape index (κ2) is 7.53. The van der Waals surface area contributed by atoms with Gasteiger partial charge < -0.3 is 10.2 Å². The Kier molecular flexibility index (Phi) is 4.87. The van der Waals surface area contributed by atoms with Crippen molar-refractivity contribution < 1.29 is 0 Å². The van der Waals surface area contributed by atoms with Gasteiger partial charge in [-0.25, -0.2) is 15.0 Å². The van der Waals surface area contributed by atoms with Gasteiger partial charge in [0.2, 0.25) is 5.95 Å². The van der Waals surface area contributed by atoms with E-state index < -0.39 is 0 Å². The zero-order valence-corrected chi connectivity index (χ0v) is 18.7. The van der Waals surface area contributed by atoms with Gasteiger partial charge in [-0.2, -0.15) is 0 Å². The maximum absolute atomic E-state index is 4.66. The molecule has 2 aliphatic heterocycles. The van der Waals surface area contributed by atoms with Crippen molar-refractivity contribution in [2.24, 2.45) is 0 Å². The molecule has 0 spiro atoms. The Morgan fingerprint density at radius 1 is 1.07 bits per heavy atom. The van der Waals surface area contributed by atoms with Crippen LogP contribution in [0.25, 0.3) is 11.3 Å². The average molecular weight is 498 g/mol. The van der Waals surface area contributed by atoms with Gasteiger partial charge in [-0.1, -0.05) is 0 Å². The van der Waals surface area contributed by atoms with Gasteiger partial charge in [0.15, 0.2) is 0 Å². The van der Waals surface area contributed by atoms with Crippen molar-refractivity contribution in [3.05, 3.63) is 58.1 Å². The summed E-state index contributed by atoms with van der Waals surface area (Å²) in [5.74, 6) is 0.593. The minimum Gasteiger partial charge on any atom is -0.365 e. The van der Waals surface area contributed by atoms with Gasteiger partial charge in [-0.3, -0.25) is 4.90 Å². The third kappa shape index (κ3) is 3.69. The lowest BCUT2D eigenvalue weighted by Crippen LogP contribution is -2.44. The van der Waals surface area contributed by atoms with Crippen LogP contribution in [0.4, 0.5) is 17.3 Å². The molecule has 2 fully saturated rings. The summed E-state index contributed by atoms with van der Waals surface area (Å²) < 4.78 is 0.965. The molecule has 1 N–H and O–H groups in total. The molecule has 0 radical (unpaired) electrons. The highest BCUT2D eigenvalue weighted by Gasteiger charge is 2.41. The fraction of sp³-hybridized carbons (Fsp3) is 0.318. The Bertz CT molecular complexity index is 1040. The Balaban J connectivity index is 1.34. The van der Waals surface area contributed by atoms with Crippen molar-refractivity contribution in [1.29, 1.82) is 0 Å². The highest BCUT2D eigenvalue weighted by Crippen LogP contribution is 2.36. The van der Waals surface area contributed by atoms with E-state index in [0.717, 1.165) is 33.7 Å². The molecule has 1 aromatic carbocycles. The zero-order valence-electron chi connectivity index (χ0n) is 16.5. The van der Waals surface area contributed by atoms with Crippen LogP contribution in [0, 0.1) is 10.6 Å². The summed E-state index contributed by atoms with van der Waals surface area (Å²) in [7, 11) is 2.24. The number of likely N-dealkylation sites (tertiary alicyclic amines) is 1. The van der Waals surface area contributed by atoms with Crippen LogP contribution >= 0.6 is 22.6 Å². The number of halogens is 1. The second-order valence-electron chi connectivity index (χ2n) is 7.90. The van der Waals surface area contributed by atoms with Crippen molar-refractivity contribution in [3.8, 4) is 11.3 Å². The molecule has 0 amide bonds. The second-order valence-corrected chi connectivity index (χ2v) is 9.00. The lowest BCUT2D eigenvalue weighted by atomic mass is 10.1. The van der Waals surface area contributed by atoms with Crippen LogP contribution in [0.15, 0.2) is 48.8 Å². The van der Waals surface area contributed by atoms with Gasteiger partial charge in [-0.05, 0) is 84.9 Å². The summed E-state index contributed by atoms with van der Waals surface area (Å²) in [4.78, 5) is 18.5. The largest absolute Gasteiger partial charge is 0.365 e. The number of pyridine rings is 1. The molecular formula is C22H23IN6. The maximum Gasteiger partial charge on any atom is 0.227 e. The van der Waals surface area contributed by atoms with Crippen LogP contribution in [0.5, 0.6) is 0 Å². The van der Waals surface area contributed by atoms with Gasteiger partial charge >= 0.3 is 0 Å². The number of nitrogens with one attached hydrogen (secondary N) is 1. The molecule has 2 saturated heterocycles. The first-order valence-corrected chi connectivity index (χ1v) is 10.9. The Hall–Kier alpha value is -2.26. The maximum atomic E-state index is 4.66. The van der Waals surface area contributed by atoms with E-state index in [2.05, 4.69) is 84.8 Å². The summed E-state index contributed by atoms with van der Waals surface area (Å²) in [5.41, 5.74) is 5.47. The number of aryl methyl sites for hydroxylation is 1. The number of anilines is 3. The van der Waals surface area contributed by atoms with Crippen LogP contribution in [0.2, 0.25) is 0 Å². The van der Waals surface area contributed by atoms with Crippen molar-refractivity contribution in [3.63, 3.8) is 0 Å². The van der Waals surface area contributed by atoms with Crippen molar-refractivity contribution in [2.45, 2.75) is 25.4 Å². The number of hydrogen-bond donors (Lipinski definition) is 1. The van der Waals surface area contributed by atoms with E-state index in [9.17, 15) is 0 Å². The quantitative estimate of drug-likeness (QED) is 0.432. The van der Waals surface area contributed by atoms with Crippen molar-refractivity contribution >= 4 is 39.9 Å². The SMILES string of the molecule is Cc1cc(Nc2nccc(-c3ccc(I)nc3)n2)ccc1N1CC2CC1CN2C. The van der Waals surface area contributed by atoms with Gasteiger partial charge in [0.25, 0.3) is 0 Å². The summed E-state index contributed by atoms with van der Waals surface area (Å²) in [6.45, 7) is 4.48. The Labute approximate surface area is 184 Å². The first-order valence-electron chi connectivity index (χ1n) is 9.86. The van der Waals surface area contributed by atoms with E-state index in [1.54, 1.807) is 6.20 Å². The number of likely N-dealkylation sites (N-methyl/N-ethyl adjacent to an activating group) is 1. The van der Waals surface area contributed by atoms with Crippen LogP contribution in [0.1, 0.15) is 12.0 Å². The van der Waals surface area contributed by atoms with E-state index in [1.165, 1.54) is 17.7 Å². The smallest absolute Gasteiger partial charge is 0.227 e. The molecule has 4 heterocycles. The predicted octanol–water partition coefficient (Wildman–Crippen LogP) is 4.09. The monoisotopic (exact) mass is 498 g/mol. The molecule has 5 rings (SSSR count). The minimum absolute atomic E-state index is 0.593. The molecule has 7 heteroatoms. The van der Waals surface area contributed by atoms with Crippen LogP contribution in [-0.2, 0) is 0 Å². The molecule has 2 unspecified atom stereocenters. The molecule has 2 aromatic heterocycles. The highest BCUT2D eigenvalue weighted by molar-refractivity contribution is 14.1. The lowest BCUT2D eigenvalue weighted by molar-refractivity contribution is 0.292. The third-order valence-corrected chi connectivity index (χ3v) is 6.59. The number of hydrogen-bond acceptors (Lipinski definition) is 6. The molecule has 3 aromatic rings. The predicted molar refractivity (Wildman–Crippen MR) is 125 cm³/mol. The van der Waals surface area contributed by atoms with E-state index in [0.29, 0.717) is 18.0 Å². The summed E-state index contributed by atoms with van der Waals surface area (Å²) in [6.07, 6.45) is 4.90. The van der Waals surface area contributed by atoms with Gasteiger partial charge in [-0.15, -0.1) is 0 Å². The van der Waals surface area contributed by atoms with Crippen LogP contribution in [-0.4, -0.2) is 52.1 Å². The molecule has 6 nitrogen and oxygen atoms in total. The molecule has 2 atom stereocenters. The topological polar surface area (TPSA) is 57.2 Å². The van der Waals surface area contributed by atoms with Crippen LogP contribution < -0.4 is 10.2 Å². The number of nitrogens with zero attached hydrogens (tertiary/aromatic N) is 5. The van der Waals surface area contributed by atoms with Crippen molar-refractivity contribution in [1.82, 2.24) is 19.9 Å². The molecule has 0 aliphatic carbocycles. The summed E-state index contributed by atoms with van der Waals surface area (Å²) >= 11 is 2.20. The summed E-state index contributed by atoms with van der Waals surface area (Å²) in [6, 6.07) is 13.8. The van der Waals surface area contributed by atoms with E-state index in [1.807, 2.05) is 24.4 Å². The van der Waals surface area contributed by atoms with E-state index in [4.69, 9.17) is 0 Å². The normalized spacial score (nSPS) is 21.0. The molecular weight excluding hydrogens is 475 g/mol. The third-order valence-electron chi connectivity index (χ3n) is 5.96. The number of aromatic nitrogens is 3. The molecule has 0 saturated carbocycles. The lowest BCUT2D eigenvalue weighted by Gasteiger charge is -2.34. The zero-order chi connectivity index (χ0) is 20.0. The molecule has 29 heavy (non-hydrogen) atoms. The number of rotatable bonds is 4. The van der Waals surface area contributed by atoms with Crippen molar-refractivity contribution in [2.75, 3.05) is 30.4 Å².